The Morgan fingerprint density at radius 2 is 0.895 bits per heavy atom. The molecule has 0 saturated carbocycles. The highest BCUT2D eigenvalue weighted by molar-refractivity contribution is 6.02. The predicted molar refractivity (Wildman–Crippen MR) is 144 cm³/mol. The molecule has 2 rings (SSSR count). The lowest BCUT2D eigenvalue weighted by molar-refractivity contribution is -0.137. The van der Waals surface area contributed by atoms with Gasteiger partial charge in [0, 0.05) is 25.7 Å². The number of hydrogen-bond donors (Lipinski definition) is 4. The van der Waals surface area contributed by atoms with E-state index in [4.69, 9.17) is 10.2 Å². The number of benzene rings is 2. The van der Waals surface area contributed by atoms with Crippen molar-refractivity contribution in [3.8, 4) is 0 Å². The highest BCUT2D eigenvalue weighted by Gasteiger charge is 2.10. The molecule has 0 fully saturated rings. The van der Waals surface area contributed by atoms with Gasteiger partial charge in [0.05, 0.1) is 24.3 Å². The molecule has 0 aromatic heterocycles. The normalized spacial score (nSPS) is 11.6. The summed E-state index contributed by atoms with van der Waals surface area (Å²) in [5.74, 6) is -2.38. The van der Waals surface area contributed by atoms with E-state index in [0.29, 0.717) is 24.3 Å². The number of carbonyl (C=O) groups excluding carboxylic acids is 2. The summed E-state index contributed by atoms with van der Waals surface area (Å²) in [4.78, 5) is 46.2. The minimum atomic E-state index is -0.935. The van der Waals surface area contributed by atoms with Crippen molar-refractivity contribution in [2.24, 2.45) is 10.2 Å². The van der Waals surface area contributed by atoms with Gasteiger partial charge in [-0.15, -0.1) is 0 Å². The fraction of sp³-hybridized carbons (Fsp3) is 0.357. The highest BCUT2D eigenvalue weighted by atomic mass is 16.4. The van der Waals surface area contributed by atoms with Crippen molar-refractivity contribution in [3.05, 3.63) is 71.8 Å². The van der Waals surface area contributed by atoms with Gasteiger partial charge in [0.15, 0.2) is 0 Å². The van der Waals surface area contributed by atoms with Crippen LogP contribution in [0.15, 0.2) is 70.9 Å². The predicted octanol–water partition coefficient (Wildman–Crippen LogP) is 4.10. The first-order chi connectivity index (χ1) is 18.3. The molecule has 0 unspecified atom stereocenters. The Balaban J connectivity index is 1.70. The number of carbonyl (C=O) groups is 4. The van der Waals surface area contributed by atoms with Crippen molar-refractivity contribution in [2.75, 3.05) is 0 Å². The van der Waals surface area contributed by atoms with E-state index in [-0.39, 0.29) is 50.3 Å². The van der Waals surface area contributed by atoms with Crippen molar-refractivity contribution in [3.63, 3.8) is 0 Å². The molecule has 0 spiro atoms. The zero-order chi connectivity index (χ0) is 27.6. The zero-order valence-electron chi connectivity index (χ0n) is 21.3. The average molecular weight is 523 g/mol. The number of amides is 2. The van der Waals surface area contributed by atoms with Gasteiger partial charge in [0.1, 0.15) is 0 Å². The summed E-state index contributed by atoms with van der Waals surface area (Å²) in [6, 6.07) is 18.2. The second-order valence-corrected chi connectivity index (χ2v) is 8.62. The molecule has 0 saturated heterocycles. The molecule has 4 N–H and O–H groups in total. The third-order valence-corrected chi connectivity index (χ3v) is 5.55. The van der Waals surface area contributed by atoms with Crippen molar-refractivity contribution in [2.45, 2.75) is 64.2 Å². The summed E-state index contributed by atoms with van der Waals surface area (Å²) in [6.07, 6.45) is 3.55. The van der Waals surface area contributed by atoms with Crippen LogP contribution in [0.3, 0.4) is 0 Å². The van der Waals surface area contributed by atoms with Crippen molar-refractivity contribution in [1.82, 2.24) is 10.9 Å². The number of rotatable bonds is 17. The SMILES string of the molecule is O=C(O)CCC(=NNC(=O)CCCCCCC(=O)NN=C(CCC(=O)O)c1ccccc1)c1ccccc1. The lowest BCUT2D eigenvalue weighted by atomic mass is 10.1. The molecule has 0 radical (unpaired) electrons. The minimum Gasteiger partial charge on any atom is -0.481 e. The van der Waals surface area contributed by atoms with Crippen LogP contribution in [0.2, 0.25) is 0 Å². The number of nitrogens with zero attached hydrogens (tertiary/aromatic N) is 2. The van der Waals surface area contributed by atoms with Crippen LogP contribution in [-0.2, 0) is 19.2 Å². The van der Waals surface area contributed by atoms with Crippen LogP contribution in [-0.4, -0.2) is 45.4 Å². The smallest absolute Gasteiger partial charge is 0.303 e. The quantitative estimate of drug-likeness (QED) is 0.139. The van der Waals surface area contributed by atoms with Gasteiger partial charge in [-0.1, -0.05) is 73.5 Å². The van der Waals surface area contributed by atoms with Gasteiger partial charge in [0.2, 0.25) is 11.8 Å². The van der Waals surface area contributed by atoms with Gasteiger partial charge in [-0.25, -0.2) is 10.9 Å². The maximum absolute atomic E-state index is 12.2. The highest BCUT2D eigenvalue weighted by Crippen LogP contribution is 2.09. The Kier molecular flexibility index (Phi) is 13.5. The third kappa shape index (κ3) is 12.6. The molecule has 0 heterocycles. The van der Waals surface area contributed by atoms with Crippen molar-refractivity contribution >= 4 is 35.2 Å². The standard InChI is InChI=1S/C28H34N4O6/c33-25(31-29-23(17-19-27(35)36)21-11-5-3-6-12-21)15-9-1-2-10-16-26(34)32-30-24(18-20-28(37)38)22-13-7-4-8-14-22/h3-8,11-14H,1-2,9-10,15-20H2,(H,31,33)(H,32,34)(H,35,36)(H,37,38). The van der Waals surface area contributed by atoms with Gasteiger partial charge < -0.3 is 10.2 Å². The second kappa shape index (κ2) is 17.2. The first kappa shape index (κ1) is 29.9. The van der Waals surface area contributed by atoms with Crippen LogP contribution < -0.4 is 10.9 Å². The summed E-state index contributed by atoms with van der Waals surface area (Å²) < 4.78 is 0. The summed E-state index contributed by atoms with van der Waals surface area (Å²) in [6.45, 7) is 0. The molecular weight excluding hydrogens is 488 g/mol. The van der Waals surface area contributed by atoms with E-state index in [2.05, 4.69) is 21.1 Å². The number of aliphatic carboxylic acids is 2. The molecule has 0 atom stereocenters. The van der Waals surface area contributed by atoms with Crippen LogP contribution in [0.1, 0.15) is 75.3 Å². The number of hydrazone groups is 2. The summed E-state index contributed by atoms with van der Waals surface area (Å²) >= 11 is 0. The van der Waals surface area contributed by atoms with E-state index in [1.807, 2.05) is 60.7 Å². The number of hydrogen-bond acceptors (Lipinski definition) is 6. The Hall–Kier alpha value is -4.34. The summed E-state index contributed by atoms with van der Waals surface area (Å²) in [5.41, 5.74) is 7.56. The number of unbranched alkanes of at least 4 members (excludes halogenated alkanes) is 3. The molecule has 2 aromatic carbocycles. The van der Waals surface area contributed by atoms with Crippen LogP contribution in [0.25, 0.3) is 0 Å². The Bertz CT molecular complexity index is 1030. The fourth-order valence-corrected chi connectivity index (χ4v) is 3.54. The van der Waals surface area contributed by atoms with Gasteiger partial charge in [-0.3, -0.25) is 19.2 Å². The van der Waals surface area contributed by atoms with E-state index < -0.39 is 11.9 Å². The van der Waals surface area contributed by atoms with Crippen molar-refractivity contribution in [1.29, 1.82) is 0 Å². The van der Waals surface area contributed by atoms with Gasteiger partial charge in [0.25, 0.3) is 0 Å². The first-order valence-corrected chi connectivity index (χ1v) is 12.6. The van der Waals surface area contributed by atoms with Gasteiger partial charge >= 0.3 is 11.9 Å². The first-order valence-electron chi connectivity index (χ1n) is 12.6. The molecule has 0 aliphatic rings. The van der Waals surface area contributed by atoms with Crippen LogP contribution in [0.4, 0.5) is 0 Å². The summed E-state index contributed by atoms with van der Waals surface area (Å²) in [5, 5.41) is 26.2. The van der Waals surface area contributed by atoms with Crippen molar-refractivity contribution < 1.29 is 29.4 Å². The third-order valence-electron chi connectivity index (χ3n) is 5.55. The zero-order valence-corrected chi connectivity index (χ0v) is 21.3. The number of nitrogens with one attached hydrogen (secondary N) is 2. The Labute approximate surface area is 221 Å². The van der Waals surface area contributed by atoms with E-state index in [9.17, 15) is 19.2 Å². The minimum absolute atomic E-state index is 0.0849. The van der Waals surface area contributed by atoms with Crippen LogP contribution >= 0.6 is 0 Å². The number of carboxylic acids is 2. The molecule has 2 aromatic rings. The maximum atomic E-state index is 12.2. The molecule has 0 bridgehead atoms. The van der Waals surface area contributed by atoms with Gasteiger partial charge in [-0.2, -0.15) is 10.2 Å². The van der Waals surface area contributed by atoms with Crippen LogP contribution in [0, 0.1) is 0 Å². The number of carboxylic acid groups (broad SMARTS) is 2. The summed E-state index contributed by atoms with van der Waals surface area (Å²) in [7, 11) is 0. The molecule has 38 heavy (non-hydrogen) atoms. The Morgan fingerprint density at radius 3 is 1.24 bits per heavy atom. The van der Waals surface area contributed by atoms with Crippen LogP contribution in [0.5, 0.6) is 0 Å². The lowest BCUT2D eigenvalue weighted by Crippen LogP contribution is -2.20. The maximum Gasteiger partial charge on any atom is 0.303 e. The largest absolute Gasteiger partial charge is 0.481 e. The second-order valence-electron chi connectivity index (χ2n) is 8.62. The van der Waals surface area contributed by atoms with E-state index in [0.717, 1.165) is 24.0 Å². The molecule has 10 heteroatoms. The topological polar surface area (TPSA) is 158 Å². The molecule has 0 aliphatic carbocycles. The molecule has 2 amide bonds. The average Bonchev–Trinajstić information content (AvgIpc) is 2.91. The lowest BCUT2D eigenvalue weighted by Gasteiger charge is -2.07. The Morgan fingerprint density at radius 1 is 0.526 bits per heavy atom. The van der Waals surface area contributed by atoms with E-state index >= 15 is 0 Å². The molecular formula is C28H34N4O6. The molecule has 0 aliphatic heterocycles. The molecule has 10 nitrogen and oxygen atoms in total. The van der Waals surface area contributed by atoms with E-state index in [1.165, 1.54) is 0 Å². The van der Waals surface area contributed by atoms with Gasteiger partial charge in [-0.05, 0) is 24.0 Å². The monoisotopic (exact) mass is 522 g/mol. The van der Waals surface area contributed by atoms with E-state index in [1.54, 1.807) is 0 Å². The molecule has 202 valence electrons. The fourth-order valence-electron chi connectivity index (χ4n) is 3.54.